The Morgan fingerprint density at radius 1 is 1.12 bits per heavy atom. The van der Waals surface area contributed by atoms with Crippen LogP contribution in [0.3, 0.4) is 0 Å². The van der Waals surface area contributed by atoms with Crippen molar-refractivity contribution in [3.63, 3.8) is 0 Å². The van der Waals surface area contributed by atoms with Gasteiger partial charge in [0.2, 0.25) is 0 Å². The summed E-state index contributed by atoms with van der Waals surface area (Å²) < 4.78 is -0.314. The normalized spacial score (nSPS) is 12.8. The van der Waals surface area contributed by atoms with Crippen molar-refractivity contribution in [3.05, 3.63) is 34.4 Å². The first-order chi connectivity index (χ1) is 7.63. The molecule has 6 heteroatoms. The molecule has 16 heavy (non-hydrogen) atoms. The van der Waals surface area contributed by atoms with Gasteiger partial charge in [-0.15, -0.1) is 11.6 Å². The molecule has 0 aliphatic heterocycles. The second-order valence-corrected chi connectivity index (χ2v) is 6.28. The monoisotopic (exact) mass is 330 g/mol. The first kappa shape index (κ1) is 15.3. The lowest BCUT2D eigenvalue weighted by Crippen LogP contribution is -1.98. The molecule has 0 saturated carbocycles. The average Bonchev–Trinajstić information content (AvgIpc) is 2.28. The van der Waals surface area contributed by atoms with Gasteiger partial charge in [-0.2, -0.15) is 37.9 Å². The Morgan fingerprint density at radius 2 is 1.69 bits per heavy atom. The fraction of sp³-hybridized carbons (Fsp3) is 0.400. The second kappa shape index (κ2) is 7.59. The van der Waals surface area contributed by atoms with E-state index >= 15 is 0 Å². The van der Waals surface area contributed by atoms with Gasteiger partial charge in [-0.25, -0.2) is 0 Å². The van der Waals surface area contributed by atoms with E-state index in [4.69, 9.17) is 22.3 Å². The summed E-state index contributed by atoms with van der Waals surface area (Å²) in [5.74, 6) is 2.08. The molecule has 90 valence electrons. The number of rotatable bonds is 5. The highest BCUT2D eigenvalue weighted by Gasteiger charge is 2.12. The van der Waals surface area contributed by atoms with Crippen LogP contribution in [-0.2, 0) is 17.3 Å². The molecule has 1 aromatic carbocycles. The van der Waals surface area contributed by atoms with Crippen molar-refractivity contribution in [2.45, 2.75) is 22.0 Å². The van der Waals surface area contributed by atoms with E-state index < -0.39 is 0 Å². The maximum atomic E-state index is 6.04. The summed E-state index contributed by atoms with van der Waals surface area (Å²) in [5, 5.41) is 0. The maximum Gasteiger partial charge on any atom is 0.101 e. The van der Waals surface area contributed by atoms with Gasteiger partial charge < -0.3 is 0 Å². The van der Waals surface area contributed by atoms with Gasteiger partial charge in [0.25, 0.3) is 0 Å². The number of halogens is 2. The van der Waals surface area contributed by atoms with Crippen molar-refractivity contribution in [1.29, 1.82) is 0 Å². The smallest absolute Gasteiger partial charge is 0.101 e. The predicted molar refractivity (Wildman–Crippen MR) is 86.6 cm³/mol. The van der Waals surface area contributed by atoms with Crippen LogP contribution in [0.5, 0.6) is 0 Å². The average molecular weight is 331 g/mol. The molecule has 0 radical (unpaired) electrons. The van der Waals surface area contributed by atoms with E-state index in [0.29, 0.717) is 17.3 Å². The first-order valence-electron chi connectivity index (χ1n) is 4.56. The SMILES string of the molecule is SCc1cc(CSCl)c(C(S)Cl)cc1CS. The van der Waals surface area contributed by atoms with Gasteiger partial charge in [0.05, 0.1) is 0 Å². The molecule has 0 aliphatic rings. The van der Waals surface area contributed by atoms with E-state index in [2.05, 4.69) is 44.0 Å². The van der Waals surface area contributed by atoms with Gasteiger partial charge in [0, 0.05) is 17.3 Å². The highest BCUT2D eigenvalue weighted by atomic mass is 35.7. The third-order valence-electron chi connectivity index (χ3n) is 2.27. The minimum Gasteiger partial charge on any atom is -0.175 e. The van der Waals surface area contributed by atoms with E-state index in [1.807, 2.05) is 6.07 Å². The lowest BCUT2D eigenvalue weighted by atomic mass is 10.0. The van der Waals surface area contributed by atoms with Crippen LogP contribution in [0.15, 0.2) is 12.1 Å². The van der Waals surface area contributed by atoms with Crippen LogP contribution < -0.4 is 0 Å². The maximum absolute atomic E-state index is 6.04. The largest absolute Gasteiger partial charge is 0.175 e. The molecule has 1 aromatic rings. The standard InChI is InChI=1S/C10H12Cl2S4/c11-10(15)9-2-7(4-14)6(3-13)1-8(9)5-16-12/h1-2,10,13-15H,3-5H2. The Balaban J connectivity index is 3.23. The van der Waals surface area contributed by atoms with E-state index in [9.17, 15) is 0 Å². The Morgan fingerprint density at radius 3 is 2.12 bits per heavy atom. The molecule has 0 spiro atoms. The summed E-state index contributed by atoms with van der Waals surface area (Å²) in [6.45, 7) is 0. The topological polar surface area (TPSA) is 0 Å². The summed E-state index contributed by atoms with van der Waals surface area (Å²) >= 11 is 18.9. The molecule has 0 N–H and O–H groups in total. The fourth-order valence-electron chi connectivity index (χ4n) is 1.46. The van der Waals surface area contributed by atoms with Gasteiger partial charge in [0.15, 0.2) is 0 Å². The minimum absolute atomic E-state index is 0.314. The Labute approximate surface area is 127 Å². The molecule has 0 bridgehead atoms. The van der Waals surface area contributed by atoms with E-state index in [-0.39, 0.29) is 4.71 Å². The zero-order chi connectivity index (χ0) is 12.1. The first-order valence-corrected chi connectivity index (χ1v) is 8.59. The molecule has 0 amide bonds. The van der Waals surface area contributed by atoms with Crippen LogP contribution in [0.2, 0.25) is 0 Å². The van der Waals surface area contributed by atoms with Crippen LogP contribution in [-0.4, -0.2) is 0 Å². The summed E-state index contributed by atoms with van der Waals surface area (Å²) in [6, 6.07) is 4.14. The lowest BCUT2D eigenvalue weighted by molar-refractivity contribution is 1.18. The molecule has 0 heterocycles. The summed E-state index contributed by atoms with van der Waals surface area (Å²) in [4.78, 5) is 0. The van der Waals surface area contributed by atoms with Gasteiger partial charge >= 0.3 is 0 Å². The third kappa shape index (κ3) is 3.85. The Bertz CT molecular complexity index is 355. The molecule has 0 saturated heterocycles. The lowest BCUT2D eigenvalue weighted by Gasteiger charge is -2.15. The van der Waals surface area contributed by atoms with Crippen molar-refractivity contribution in [2.75, 3.05) is 0 Å². The van der Waals surface area contributed by atoms with E-state index in [0.717, 1.165) is 16.7 Å². The number of benzene rings is 1. The van der Waals surface area contributed by atoms with Gasteiger partial charge in [0.1, 0.15) is 4.71 Å². The van der Waals surface area contributed by atoms with Crippen LogP contribution >= 0.6 is 71.1 Å². The number of alkyl halides is 1. The number of hydrogen-bond acceptors (Lipinski definition) is 4. The molecule has 0 aromatic heterocycles. The van der Waals surface area contributed by atoms with Gasteiger partial charge in [-0.3, -0.25) is 0 Å². The summed E-state index contributed by atoms with van der Waals surface area (Å²) in [5.41, 5.74) is 4.45. The van der Waals surface area contributed by atoms with Crippen LogP contribution in [0.4, 0.5) is 0 Å². The fourth-order valence-corrected chi connectivity index (χ4v) is 3.21. The molecule has 0 nitrogen and oxygen atoms in total. The highest BCUT2D eigenvalue weighted by Crippen LogP contribution is 2.33. The van der Waals surface area contributed by atoms with Gasteiger partial charge in [-0.1, -0.05) is 23.1 Å². The zero-order valence-corrected chi connectivity index (χ0v) is 13.4. The van der Waals surface area contributed by atoms with Crippen molar-refractivity contribution in [2.24, 2.45) is 0 Å². The van der Waals surface area contributed by atoms with Crippen LogP contribution in [0, 0.1) is 0 Å². The van der Waals surface area contributed by atoms with Crippen LogP contribution in [0.25, 0.3) is 0 Å². The van der Waals surface area contributed by atoms with Crippen molar-refractivity contribution < 1.29 is 0 Å². The second-order valence-electron chi connectivity index (χ2n) is 3.23. The van der Waals surface area contributed by atoms with E-state index in [1.165, 1.54) is 16.5 Å². The number of hydrogen-bond donors (Lipinski definition) is 3. The third-order valence-corrected chi connectivity index (χ3v) is 4.21. The molecule has 1 atom stereocenters. The Hall–Kier alpha value is 1.20. The molecule has 1 rings (SSSR count). The minimum atomic E-state index is -0.314. The van der Waals surface area contributed by atoms with Crippen molar-refractivity contribution in [3.8, 4) is 0 Å². The molecular formula is C10H12Cl2S4. The van der Waals surface area contributed by atoms with Crippen molar-refractivity contribution >= 4 is 71.1 Å². The Kier molecular flexibility index (Phi) is 7.24. The summed E-state index contributed by atoms with van der Waals surface area (Å²) in [6.07, 6.45) is 0. The van der Waals surface area contributed by atoms with Crippen molar-refractivity contribution in [1.82, 2.24) is 0 Å². The molecule has 0 fully saturated rings. The quantitative estimate of drug-likeness (QED) is 0.498. The molecule has 0 aliphatic carbocycles. The number of thiol groups is 3. The predicted octanol–water partition coefficient (Wildman–Crippen LogP) is 5.10. The van der Waals surface area contributed by atoms with Gasteiger partial charge in [-0.05, 0) is 32.9 Å². The van der Waals surface area contributed by atoms with Crippen LogP contribution in [0.1, 0.15) is 27.0 Å². The zero-order valence-electron chi connectivity index (χ0n) is 8.36. The summed E-state index contributed by atoms with van der Waals surface area (Å²) in [7, 11) is 6.95. The molecule has 1 unspecified atom stereocenters. The highest BCUT2D eigenvalue weighted by molar-refractivity contribution is 8.20. The molecular weight excluding hydrogens is 319 g/mol. The van der Waals surface area contributed by atoms with E-state index in [1.54, 1.807) is 0 Å².